The first-order valence-electron chi connectivity index (χ1n) is 5.98. The maximum atomic E-state index is 5.18. The van der Waals surface area contributed by atoms with Crippen molar-refractivity contribution in [3.8, 4) is 0 Å². The highest BCUT2D eigenvalue weighted by Crippen LogP contribution is 2.20. The molecular weight excluding hydrogens is 160 g/mol. The number of hydrogen-bond donors (Lipinski definition) is 0. The van der Waals surface area contributed by atoms with Crippen molar-refractivity contribution in [3.05, 3.63) is 0 Å². The lowest BCUT2D eigenvalue weighted by Gasteiger charge is -2.10. The molecule has 1 nitrogen and oxygen atoms in total. The molecule has 1 aliphatic heterocycles. The largest absolute Gasteiger partial charge is 0.373 e. The van der Waals surface area contributed by atoms with Crippen molar-refractivity contribution in [1.82, 2.24) is 0 Å². The van der Waals surface area contributed by atoms with Crippen molar-refractivity contribution >= 4 is 0 Å². The van der Waals surface area contributed by atoms with E-state index in [-0.39, 0.29) is 0 Å². The fourth-order valence-electron chi connectivity index (χ4n) is 1.91. The van der Waals surface area contributed by atoms with Gasteiger partial charge in [-0.15, -0.1) is 0 Å². The van der Waals surface area contributed by atoms with E-state index in [4.69, 9.17) is 4.74 Å². The number of rotatable bonds is 8. The van der Waals surface area contributed by atoms with E-state index >= 15 is 0 Å². The number of epoxide rings is 1. The van der Waals surface area contributed by atoms with E-state index in [0.717, 1.165) is 12.5 Å². The Labute approximate surface area is 82.9 Å². The van der Waals surface area contributed by atoms with Crippen LogP contribution in [0.4, 0.5) is 0 Å². The lowest BCUT2D eigenvalue weighted by molar-refractivity contribution is 0.381. The van der Waals surface area contributed by atoms with Crippen molar-refractivity contribution in [2.45, 2.75) is 64.9 Å². The van der Waals surface area contributed by atoms with Gasteiger partial charge in [0.05, 0.1) is 12.7 Å². The van der Waals surface area contributed by atoms with E-state index in [1.807, 2.05) is 0 Å². The normalized spacial score (nSPS) is 21.0. The molecule has 0 aromatic carbocycles. The fourth-order valence-corrected chi connectivity index (χ4v) is 1.91. The van der Waals surface area contributed by atoms with E-state index in [9.17, 15) is 0 Å². The van der Waals surface area contributed by atoms with Crippen molar-refractivity contribution in [2.24, 2.45) is 5.92 Å². The van der Waals surface area contributed by atoms with Crippen LogP contribution < -0.4 is 0 Å². The quantitative estimate of drug-likeness (QED) is 0.413. The predicted molar refractivity (Wildman–Crippen MR) is 56.9 cm³/mol. The van der Waals surface area contributed by atoms with Gasteiger partial charge in [0, 0.05) is 0 Å². The summed E-state index contributed by atoms with van der Waals surface area (Å²) in [4.78, 5) is 0. The Morgan fingerprint density at radius 2 is 1.85 bits per heavy atom. The lowest BCUT2D eigenvalue weighted by Crippen LogP contribution is -1.96. The average Bonchev–Trinajstić information content (AvgIpc) is 2.95. The second-order valence-electron chi connectivity index (χ2n) is 4.28. The molecule has 78 valence electrons. The van der Waals surface area contributed by atoms with Crippen LogP contribution in [0.2, 0.25) is 0 Å². The van der Waals surface area contributed by atoms with Gasteiger partial charge in [-0.1, -0.05) is 52.4 Å². The summed E-state index contributed by atoms with van der Waals surface area (Å²) in [6.07, 6.45) is 10.3. The highest BCUT2D eigenvalue weighted by Gasteiger charge is 2.20. The second kappa shape index (κ2) is 6.42. The molecule has 0 aliphatic carbocycles. The van der Waals surface area contributed by atoms with Crippen LogP contribution in [0, 0.1) is 5.92 Å². The molecule has 13 heavy (non-hydrogen) atoms. The Balaban J connectivity index is 1.81. The van der Waals surface area contributed by atoms with Crippen LogP contribution in [0.25, 0.3) is 0 Å². The SMILES string of the molecule is CCC(CC)CCCCCC1CO1. The molecular formula is C12H24O. The minimum Gasteiger partial charge on any atom is -0.373 e. The molecule has 0 bridgehead atoms. The molecule has 1 heterocycles. The van der Waals surface area contributed by atoms with Crippen LogP contribution >= 0.6 is 0 Å². The first-order valence-corrected chi connectivity index (χ1v) is 5.98. The smallest absolute Gasteiger partial charge is 0.0810 e. The molecule has 1 fully saturated rings. The standard InChI is InChI=1S/C12H24O/c1-3-11(4-2)8-6-5-7-9-12-10-13-12/h11-12H,3-10H2,1-2H3. The Bertz CT molecular complexity index is 114. The number of ether oxygens (including phenoxy) is 1. The Morgan fingerprint density at radius 1 is 1.15 bits per heavy atom. The third-order valence-corrected chi connectivity index (χ3v) is 3.20. The molecule has 1 unspecified atom stereocenters. The van der Waals surface area contributed by atoms with Gasteiger partial charge in [-0.2, -0.15) is 0 Å². The zero-order valence-corrected chi connectivity index (χ0v) is 9.22. The Morgan fingerprint density at radius 3 is 2.38 bits per heavy atom. The molecule has 1 heteroatoms. The van der Waals surface area contributed by atoms with Gasteiger partial charge in [0.2, 0.25) is 0 Å². The van der Waals surface area contributed by atoms with Crippen molar-refractivity contribution < 1.29 is 4.74 Å². The third kappa shape index (κ3) is 5.30. The van der Waals surface area contributed by atoms with Crippen LogP contribution in [0.3, 0.4) is 0 Å². The molecule has 1 aliphatic rings. The van der Waals surface area contributed by atoms with E-state index in [2.05, 4.69) is 13.8 Å². The summed E-state index contributed by atoms with van der Waals surface area (Å²) in [5.41, 5.74) is 0. The molecule has 0 N–H and O–H groups in total. The van der Waals surface area contributed by atoms with Crippen LogP contribution in [-0.4, -0.2) is 12.7 Å². The van der Waals surface area contributed by atoms with Gasteiger partial charge in [-0.05, 0) is 12.3 Å². The lowest BCUT2D eigenvalue weighted by atomic mass is 9.96. The summed E-state index contributed by atoms with van der Waals surface area (Å²) in [6, 6.07) is 0. The summed E-state index contributed by atoms with van der Waals surface area (Å²) in [5, 5.41) is 0. The maximum Gasteiger partial charge on any atom is 0.0810 e. The van der Waals surface area contributed by atoms with Gasteiger partial charge in [0.15, 0.2) is 0 Å². The first kappa shape index (κ1) is 11.0. The molecule has 1 saturated heterocycles. The van der Waals surface area contributed by atoms with Gasteiger partial charge < -0.3 is 4.74 Å². The summed E-state index contributed by atoms with van der Waals surface area (Å²) in [5.74, 6) is 0.983. The number of unbranched alkanes of at least 4 members (excludes halogenated alkanes) is 2. The summed E-state index contributed by atoms with van der Waals surface area (Å²) in [7, 11) is 0. The monoisotopic (exact) mass is 184 g/mol. The first-order chi connectivity index (χ1) is 6.36. The third-order valence-electron chi connectivity index (χ3n) is 3.20. The van der Waals surface area contributed by atoms with Gasteiger partial charge in [0.1, 0.15) is 0 Å². The van der Waals surface area contributed by atoms with E-state index in [0.29, 0.717) is 6.10 Å². The maximum absolute atomic E-state index is 5.18. The molecule has 0 amide bonds. The summed E-state index contributed by atoms with van der Waals surface area (Å²) >= 11 is 0. The van der Waals surface area contributed by atoms with Crippen molar-refractivity contribution in [2.75, 3.05) is 6.61 Å². The molecule has 1 rings (SSSR count). The van der Waals surface area contributed by atoms with Crippen LogP contribution in [0.15, 0.2) is 0 Å². The fraction of sp³-hybridized carbons (Fsp3) is 1.00. The van der Waals surface area contributed by atoms with Gasteiger partial charge >= 0.3 is 0 Å². The second-order valence-corrected chi connectivity index (χ2v) is 4.28. The molecule has 0 radical (unpaired) electrons. The molecule has 1 atom stereocenters. The summed E-state index contributed by atoms with van der Waals surface area (Å²) in [6.45, 7) is 5.66. The van der Waals surface area contributed by atoms with Crippen LogP contribution in [0.5, 0.6) is 0 Å². The van der Waals surface area contributed by atoms with Gasteiger partial charge in [0.25, 0.3) is 0 Å². The molecule has 0 saturated carbocycles. The Kier molecular flexibility index (Phi) is 5.45. The minimum absolute atomic E-state index is 0.646. The zero-order chi connectivity index (χ0) is 9.52. The minimum atomic E-state index is 0.646. The molecule has 0 spiro atoms. The Hall–Kier alpha value is -0.0400. The van der Waals surface area contributed by atoms with Crippen molar-refractivity contribution in [3.63, 3.8) is 0 Å². The van der Waals surface area contributed by atoms with E-state index < -0.39 is 0 Å². The van der Waals surface area contributed by atoms with Gasteiger partial charge in [-0.3, -0.25) is 0 Å². The van der Waals surface area contributed by atoms with Crippen molar-refractivity contribution in [1.29, 1.82) is 0 Å². The zero-order valence-electron chi connectivity index (χ0n) is 9.22. The molecule has 0 aromatic heterocycles. The number of hydrogen-bond acceptors (Lipinski definition) is 1. The average molecular weight is 184 g/mol. The van der Waals surface area contributed by atoms with Crippen LogP contribution in [0.1, 0.15) is 58.8 Å². The predicted octanol–water partition coefficient (Wildman–Crippen LogP) is 3.77. The summed E-state index contributed by atoms with van der Waals surface area (Å²) < 4.78 is 5.18. The molecule has 0 aromatic rings. The highest BCUT2D eigenvalue weighted by molar-refractivity contribution is 4.68. The van der Waals surface area contributed by atoms with E-state index in [1.165, 1.54) is 44.9 Å². The topological polar surface area (TPSA) is 12.5 Å². The van der Waals surface area contributed by atoms with E-state index in [1.54, 1.807) is 0 Å². The van der Waals surface area contributed by atoms with Crippen LogP contribution in [-0.2, 0) is 4.74 Å². The van der Waals surface area contributed by atoms with Gasteiger partial charge in [-0.25, -0.2) is 0 Å². The highest BCUT2D eigenvalue weighted by atomic mass is 16.6.